The van der Waals surface area contributed by atoms with Crippen molar-refractivity contribution >= 4 is 44.2 Å². The second-order valence-electron chi connectivity index (χ2n) is 11.7. The molecule has 0 radical (unpaired) electrons. The number of benzene rings is 6. The minimum atomic E-state index is 0.779. The topological polar surface area (TPSA) is 38.1 Å². The number of hydrogen-bond donors (Lipinski definition) is 0. The van der Waals surface area contributed by atoms with Gasteiger partial charge in [0.05, 0.1) is 22.8 Å². The molecule has 2 aromatic heterocycles. The summed E-state index contributed by atoms with van der Waals surface area (Å²) in [6.45, 7) is 5.75. The highest BCUT2D eigenvalue weighted by molar-refractivity contribution is 6.25. The van der Waals surface area contributed by atoms with Crippen LogP contribution in [0.15, 0.2) is 163 Å². The quantitative estimate of drug-likeness (QED) is 0.135. The number of pyridine rings is 2. The fourth-order valence-electron chi connectivity index (χ4n) is 6.63. The number of hydrogen-bond acceptors (Lipinski definition) is 3. The van der Waals surface area contributed by atoms with E-state index in [1.165, 1.54) is 49.0 Å². The molecule has 6 aromatic carbocycles. The van der Waals surface area contributed by atoms with E-state index < -0.39 is 0 Å². The predicted molar refractivity (Wildman–Crippen MR) is 200 cm³/mol. The van der Waals surface area contributed by atoms with Crippen molar-refractivity contribution in [2.45, 2.75) is 6.92 Å². The molecule has 8 aromatic rings. The van der Waals surface area contributed by atoms with Gasteiger partial charge >= 0.3 is 0 Å². The Bertz CT molecular complexity index is 2470. The zero-order chi connectivity index (χ0) is 31.7. The number of nitrogens with zero attached hydrogens (tertiary/aromatic N) is 3. The maximum absolute atomic E-state index is 4.96. The molecule has 47 heavy (non-hydrogen) atoms. The molecular weight excluding hydrogens is 571 g/mol. The summed E-state index contributed by atoms with van der Waals surface area (Å²) in [5, 5.41) is 7.79. The Morgan fingerprint density at radius 1 is 0.596 bits per heavy atom. The first-order valence-electron chi connectivity index (χ1n) is 15.8. The number of allylic oxidation sites excluding steroid dienone is 2. The summed E-state index contributed by atoms with van der Waals surface area (Å²) < 4.78 is 0. The van der Waals surface area contributed by atoms with Crippen LogP contribution in [0.4, 0.5) is 0 Å². The zero-order valence-electron chi connectivity index (χ0n) is 26.1. The zero-order valence-corrected chi connectivity index (χ0v) is 26.1. The Kier molecular flexibility index (Phi) is 7.20. The van der Waals surface area contributed by atoms with Gasteiger partial charge < -0.3 is 0 Å². The van der Waals surface area contributed by atoms with Gasteiger partial charge in [-0.05, 0) is 109 Å². The monoisotopic (exact) mass is 601 g/mol. The Labute approximate surface area is 274 Å². The maximum Gasteiger partial charge on any atom is 0.0900 e. The molecule has 3 nitrogen and oxygen atoms in total. The summed E-state index contributed by atoms with van der Waals surface area (Å²) in [5.41, 5.74) is 10.1. The molecule has 0 spiro atoms. The lowest BCUT2D eigenvalue weighted by atomic mass is 9.89. The summed E-state index contributed by atoms with van der Waals surface area (Å²) in [6.07, 6.45) is 7.13. The van der Waals surface area contributed by atoms with E-state index in [0.717, 1.165) is 39.5 Å². The van der Waals surface area contributed by atoms with Gasteiger partial charge in [0.1, 0.15) is 0 Å². The Morgan fingerprint density at radius 3 is 1.98 bits per heavy atom. The molecule has 0 saturated heterocycles. The van der Waals surface area contributed by atoms with Crippen LogP contribution in [-0.4, -0.2) is 16.2 Å². The summed E-state index contributed by atoms with van der Waals surface area (Å²) in [7, 11) is 0. The Balaban J connectivity index is 1.23. The van der Waals surface area contributed by atoms with Crippen LogP contribution in [0.25, 0.3) is 82.8 Å². The van der Waals surface area contributed by atoms with Gasteiger partial charge in [0.2, 0.25) is 0 Å². The first-order chi connectivity index (χ1) is 23.2. The van der Waals surface area contributed by atoms with E-state index >= 15 is 0 Å². The maximum atomic E-state index is 4.96. The molecule has 0 atom stereocenters. The van der Waals surface area contributed by atoms with Crippen molar-refractivity contribution in [3.05, 3.63) is 164 Å². The van der Waals surface area contributed by atoms with Crippen molar-refractivity contribution < 1.29 is 0 Å². The highest BCUT2D eigenvalue weighted by atomic mass is 14.8. The molecule has 0 aliphatic rings. The normalized spacial score (nSPS) is 12.1. The summed E-state index contributed by atoms with van der Waals surface area (Å²) in [5.74, 6) is 0. The van der Waals surface area contributed by atoms with Crippen LogP contribution in [0, 0.1) is 0 Å². The minimum absolute atomic E-state index is 0.779. The summed E-state index contributed by atoms with van der Waals surface area (Å²) in [6, 6.07) is 47.8. The van der Waals surface area contributed by atoms with E-state index in [1.807, 2.05) is 31.2 Å². The summed E-state index contributed by atoms with van der Waals surface area (Å²) in [4.78, 5) is 14.1. The fourth-order valence-corrected chi connectivity index (χ4v) is 6.63. The molecule has 0 fully saturated rings. The third kappa shape index (κ3) is 5.18. The molecule has 0 amide bonds. The molecule has 8 rings (SSSR count). The van der Waals surface area contributed by atoms with Crippen molar-refractivity contribution in [1.29, 1.82) is 0 Å². The molecular formula is C44H31N3. The first kappa shape index (κ1) is 28.3. The molecule has 2 heterocycles. The van der Waals surface area contributed by atoms with Crippen molar-refractivity contribution in [1.82, 2.24) is 9.97 Å². The number of aromatic nitrogens is 2. The Morgan fingerprint density at radius 2 is 1.26 bits per heavy atom. The van der Waals surface area contributed by atoms with Gasteiger partial charge in [-0.2, -0.15) is 0 Å². The van der Waals surface area contributed by atoms with Crippen molar-refractivity contribution in [3.8, 4) is 44.8 Å². The van der Waals surface area contributed by atoms with Crippen LogP contribution in [0.2, 0.25) is 0 Å². The van der Waals surface area contributed by atoms with Gasteiger partial charge in [-0.15, -0.1) is 0 Å². The van der Waals surface area contributed by atoms with E-state index in [0.29, 0.717) is 0 Å². The van der Waals surface area contributed by atoms with Gasteiger partial charge in [0, 0.05) is 12.4 Å². The van der Waals surface area contributed by atoms with E-state index in [-0.39, 0.29) is 0 Å². The van der Waals surface area contributed by atoms with Crippen LogP contribution < -0.4 is 0 Å². The number of rotatable bonds is 7. The molecule has 0 unspecified atom stereocenters. The van der Waals surface area contributed by atoms with Gasteiger partial charge in [-0.1, -0.05) is 116 Å². The van der Waals surface area contributed by atoms with E-state index in [2.05, 4.69) is 132 Å². The minimum Gasteiger partial charge on any atom is -0.255 e. The van der Waals surface area contributed by atoms with Crippen LogP contribution >= 0.6 is 0 Å². The average molecular weight is 602 g/mol. The first-order valence-corrected chi connectivity index (χ1v) is 15.8. The largest absolute Gasteiger partial charge is 0.255 e. The van der Waals surface area contributed by atoms with Crippen molar-refractivity contribution in [3.63, 3.8) is 0 Å². The molecule has 3 heteroatoms. The molecule has 0 bridgehead atoms. The van der Waals surface area contributed by atoms with Gasteiger partial charge in [-0.3, -0.25) is 9.98 Å². The third-order valence-corrected chi connectivity index (χ3v) is 8.84. The van der Waals surface area contributed by atoms with Crippen LogP contribution in [0.5, 0.6) is 0 Å². The summed E-state index contributed by atoms with van der Waals surface area (Å²) >= 11 is 0. The standard InChI is InChI=1S/C44H31N3/c1-3-23-45-39(4-2)41-27-36(28-42(47-41)40-16-5-6-24-46-40)34-14-8-12-32(25-34)33-13-9-15-35(26-33)37-21-19-31-18-17-29-10-7-11-30-20-22-38(37)44(31)43(29)30/h3-28H,1H2,2H3/b39-4-,45-23?. The third-order valence-electron chi connectivity index (χ3n) is 8.84. The molecule has 0 aliphatic heterocycles. The lowest BCUT2D eigenvalue weighted by Crippen LogP contribution is -1.95. The molecule has 222 valence electrons. The van der Waals surface area contributed by atoms with Crippen LogP contribution in [-0.2, 0) is 0 Å². The second-order valence-corrected chi connectivity index (χ2v) is 11.7. The molecule has 0 saturated carbocycles. The highest BCUT2D eigenvalue weighted by Crippen LogP contribution is 2.40. The average Bonchev–Trinajstić information content (AvgIpc) is 3.14. The van der Waals surface area contributed by atoms with Gasteiger partial charge in [0.15, 0.2) is 0 Å². The second kappa shape index (κ2) is 12.0. The highest BCUT2D eigenvalue weighted by Gasteiger charge is 2.14. The smallest absolute Gasteiger partial charge is 0.0900 e. The predicted octanol–water partition coefficient (Wildman–Crippen LogP) is 11.7. The molecule has 0 N–H and O–H groups in total. The van der Waals surface area contributed by atoms with Gasteiger partial charge in [-0.25, -0.2) is 4.98 Å². The van der Waals surface area contributed by atoms with Crippen LogP contribution in [0.1, 0.15) is 12.6 Å². The van der Waals surface area contributed by atoms with Gasteiger partial charge in [0.25, 0.3) is 0 Å². The van der Waals surface area contributed by atoms with Crippen molar-refractivity contribution in [2.24, 2.45) is 4.99 Å². The lowest BCUT2D eigenvalue weighted by Gasteiger charge is -2.15. The van der Waals surface area contributed by atoms with Crippen LogP contribution in [0.3, 0.4) is 0 Å². The Hall–Kier alpha value is -6.19. The lowest BCUT2D eigenvalue weighted by molar-refractivity contribution is 1.21. The SMILES string of the molecule is C=CC=N/C(=C\C)c1cc(-c2cccc(-c3cccc(-c4ccc5ccc6cccc7ccc4c5c67)c3)c2)cc(-c2ccccn2)n1. The van der Waals surface area contributed by atoms with E-state index in [9.17, 15) is 0 Å². The van der Waals surface area contributed by atoms with E-state index in [1.54, 1.807) is 18.5 Å². The van der Waals surface area contributed by atoms with Crippen molar-refractivity contribution in [2.75, 3.05) is 0 Å². The fraction of sp³-hybridized carbons (Fsp3) is 0.0227. The van der Waals surface area contributed by atoms with E-state index in [4.69, 9.17) is 4.98 Å². The molecule has 0 aliphatic carbocycles. The number of aliphatic imine (C=N–C) groups is 1.